The minimum atomic E-state index is -0.457. The van der Waals surface area contributed by atoms with Crippen molar-refractivity contribution in [2.45, 2.75) is 0 Å². The summed E-state index contributed by atoms with van der Waals surface area (Å²) in [7, 11) is 1.40. The highest BCUT2D eigenvalue weighted by Gasteiger charge is 2.31. The van der Waals surface area contributed by atoms with Crippen LogP contribution in [0.2, 0.25) is 0 Å². The smallest absolute Gasteiger partial charge is 0.272 e. The Morgan fingerprint density at radius 3 is 2.22 bits per heavy atom. The Bertz CT molecular complexity index is 170. The van der Waals surface area contributed by atoms with Gasteiger partial charge in [-0.15, -0.1) is 0 Å². The molecule has 1 rings (SSSR count). The molecule has 1 aliphatic rings. The van der Waals surface area contributed by atoms with Crippen molar-refractivity contribution in [2.75, 3.05) is 13.6 Å². The van der Waals surface area contributed by atoms with Gasteiger partial charge in [0.1, 0.15) is 6.54 Å². The highest BCUT2D eigenvalue weighted by molar-refractivity contribution is 6.25. The second-order valence-corrected chi connectivity index (χ2v) is 2.16. The van der Waals surface area contributed by atoms with E-state index in [0.29, 0.717) is 0 Å². The summed E-state index contributed by atoms with van der Waals surface area (Å²) in [4.78, 5) is 22.2. The molecule has 0 aromatic heterocycles. The maximum Gasteiger partial charge on any atom is 0.341 e. The van der Waals surface area contributed by atoms with E-state index in [9.17, 15) is 9.59 Å². The molecule has 5 heteroatoms. The maximum atomic E-state index is 10.6. The second kappa shape index (κ2) is 1.88. The number of carbonyl (C=O) groups is 2. The van der Waals surface area contributed by atoms with E-state index in [4.69, 9.17) is 11.8 Å². The van der Waals surface area contributed by atoms with E-state index in [1.807, 2.05) is 0 Å². The Kier molecular flexibility index (Phi) is 1.32. The number of rotatable bonds is 0. The average molecular weight is 149 g/mol. The molecule has 0 aromatic rings. The first-order chi connectivity index (χ1) is 4.13. The van der Waals surface area contributed by atoms with E-state index in [0.717, 1.165) is 9.32 Å². The molecule has 3 amide bonds. The van der Waals surface area contributed by atoms with Crippen LogP contribution >= 0.6 is 11.8 Å². The van der Waals surface area contributed by atoms with Crippen molar-refractivity contribution in [2.24, 2.45) is 0 Å². The summed E-state index contributed by atoms with van der Waals surface area (Å²) in [5, 5.41) is 0. The summed E-state index contributed by atoms with van der Waals surface area (Å²) in [6.45, 7) is -0.0170. The molecule has 0 unspecified atom stereocenters. The van der Waals surface area contributed by atoms with Crippen molar-refractivity contribution < 1.29 is 9.59 Å². The van der Waals surface area contributed by atoms with Gasteiger partial charge in [0.15, 0.2) is 0 Å². The lowest BCUT2D eigenvalue weighted by Crippen LogP contribution is -2.25. The van der Waals surface area contributed by atoms with Crippen LogP contribution in [-0.4, -0.2) is 34.8 Å². The van der Waals surface area contributed by atoms with Crippen molar-refractivity contribution in [3.05, 3.63) is 0 Å². The van der Waals surface area contributed by atoms with Gasteiger partial charge in [0.05, 0.1) is 0 Å². The van der Waals surface area contributed by atoms with Crippen molar-refractivity contribution in [1.82, 2.24) is 9.32 Å². The molecule has 0 radical (unpaired) electrons. The first-order valence-corrected chi connectivity index (χ1v) is 2.70. The molecule has 1 aliphatic heterocycles. The van der Waals surface area contributed by atoms with Gasteiger partial charge in [-0.2, -0.15) is 0 Å². The van der Waals surface area contributed by atoms with E-state index < -0.39 is 6.03 Å². The second-order valence-electron chi connectivity index (χ2n) is 1.76. The predicted octanol–water partition coefficient (Wildman–Crippen LogP) is 0.0342. The van der Waals surface area contributed by atoms with Gasteiger partial charge in [-0.25, -0.2) is 9.21 Å². The molecule has 1 saturated heterocycles. The fourth-order valence-corrected chi connectivity index (χ4v) is 0.778. The maximum absolute atomic E-state index is 10.6. The molecular formula is C4H5ClN2O2. The molecule has 0 atom stereocenters. The number of amides is 3. The molecule has 0 saturated carbocycles. The lowest BCUT2D eigenvalue weighted by molar-refractivity contribution is -0.124. The summed E-state index contributed by atoms with van der Waals surface area (Å²) in [5.41, 5.74) is 0. The number of imide groups is 1. The van der Waals surface area contributed by atoms with Crippen LogP contribution in [0.15, 0.2) is 0 Å². The van der Waals surface area contributed by atoms with Crippen LogP contribution in [0.1, 0.15) is 0 Å². The molecule has 0 spiro atoms. The number of likely N-dealkylation sites (N-methyl/N-ethyl adjacent to an activating group) is 1. The summed E-state index contributed by atoms with van der Waals surface area (Å²) in [5.74, 6) is -0.269. The minimum Gasteiger partial charge on any atom is -0.272 e. The Morgan fingerprint density at radius 1 is 1.56 bits per heavy atom. The zero-order chi connectivity index (χ0) is 7.02. The first-order valence-electron chi connectivity index (χ1n) is 2.37. The van der Waals surface area contributed by atoms with Gasteiger partial charge in [0.25, 0.3) is 5.91 Å². The molecule has 0 aromatic carbocycles. The molecule has 9 heavy (non-hydrogen) atoms. The monoisotopic (exact) mass is 148 g/mol. The number of nitrogens with zero attached hydrogens (tertiary/aromatic N) is 2. The van der Waals surface area contributed by atoms with Gasteiger partial charge in [0.2, 0.25) is 0 Å². The molecular weight excluding hydrogens is 144 g/mol. The quantitative estimate of drug-likeness (QED) is 0.359. The molecule has 0 aliphatic carbocycles. The standard InChI is InChI=1S/C4H5ClN2O2/c1-6-3(8)2-7(5)4(6)9/h2H2,1H3. The van der Waals surface area contributed by atoms with Crippen molar-refractivity contribution in [3.8, 4) is 0 Å². The van der Waals surface area contributed by atoms with Crippen molar-refractivity contribution >= 4 is 23.7 Å². The highest BCUT2D eigenvalue weighted by Crippen LogP contribution is 2.08. The SMILES string of the molecule is CN1C(=O)CN(Cl)C1=O. The molecule has 1 fully saturated rings. The summed E-state index contributed by atoms with van der Waals surface area (Å²) in [6, 6.07) is -0.457. The summed E-state index contributed by atoms with van der Waals surface area (Å²) < 4.78 is 0.850. The molecule has 0 bridgehead atoms. The normalized spacial score (nSPS) is 19.8. The third-order valence-electron chi connectivity index (χ3n) is 1.14. The Morgan fingerprint density at radius 2 is 2.11 bits per heavy atom. The van der Waals surface area contributed by atoms with Gasteiger partial charge >= 0.3 is 6.03 Å². The van der Waals surface area contributed by atoms with E-state index in [2.05, 4.69) is 0 Å². The average Bonchev–Trinajstić information content (AvgIpc) is 1.98. The topological polar surface area (TPSA) is 40.6 Å². The molecule has 0 N–H and O–H groups in total. The van der Waals surface area contributed by atoms with Crippen LogP contribution in [0, 0.1) is 0 Å². The van der Waals surface area contributed by atoms with Gasteiger partial charge in [0, 0.05) is 18.8 Å². The zero-order valence-electron chi connectivity index (χ0n) is 4.80. The Hall–Kier alpha value is -0.770. The van der Waals surface area contributed by atoms with Crippen molar-refractivity contribution in [3.63, 3.8) is 0 Å². The van der Waals surface area contributed by atoms with Crippen LogP contribution in [0.3, 0.4) is 0 Å². The first kappa shape index (κ1) is 6.35. The number of carbonyl (C=O) groups excluding carboxylic acids is 2. The number of urea groups is 1. The van der Waals surface area contributed by atoms with Crippen LogP contribution in [0.25, 0.3) is 0 Å². The number of hydrogen-bond donors (Lipinski definition) is 0. The molecule has 4 nitrogen and oxygen atoms in total. The lowest BCUT2D eigenvalue weighted by Gasteiger charge is -2.02. The van der Waals surface area contributed by atoms with Crippen LogP contribution in [0.4, 0.5) is 4.79 Å². The van der Waals surface area contributed by atoms with Gasteiger partial charge < -0.3 is 0 Å². The summed E-state index contributed by atoms with van der Waals surface area (Å²) >= 11 is 5.27. The lowest BCUT2D eigenvalue weighted by atomic mass is 10.6. The Balaban J connectivity index is 2.77. The Labute approximate surface area is 57.1 Å². The van der Waals surface area contributed by atoms with Crippen molar-refractivity contribution in [1.29, 1.82) is 0 Å². The van der Waals surface area contributed by atoms with Gasteiger partial charge in [-0.05, 0) is 0 Å². The van der Waals surface area contributed by atoms with Crippen LogP contribution in [-0.2, 0) is 4.79 Å². The van der Waals surface area contributed by atoms with E-state index in [-0.39, 0.29) is 12.5 Å². The highest BCUT2D eigenvalue weighted by atomic mass is 35.5. The van der Waals surface area contributed by atoms with E-state index >= 15 is 0 Å². The molecule has 50 valence electrons. The molecule has 1 heterocycles. The predicted molar refractivity (Wildman–Crippen MR) is 30.7 cm³/mol. The summed E-state index contributed by atoms with van der Waals surface area (Å²) in [6.07, 6.45) is 0. The fourth-order valence-electron chi connectivity index (χ4n) is 0.562. The van der Waals surface area contributed by atoms with Gasteiger partial charge in [-0.3, -0.25) is 9.69 Å². The number of halogens is 1. The van der Waals surface area contributed by atoms with Gasteiger partial charge in [-0.1, -0.05) is 0 Å². The van der Waals surface area contributed by atoms with E-state index in [1.54, 1.807) is 0 Å². The zero-order valence-corrected chi connectivity index (χ0v) is 5.55. The largest absolute Gasteiger partial charge is 0.341 e. The van der Waals surface area contributed by atoms with Crippen LogP contribution < -0.4 is 0 Å². The van der Waals surface area contributed by atoms with Crippen LogP contribution in [0.5, 0.6) is 0 Å². The number of hydrogen-bond acceptors (Lipinski definition) is 2. The third kappa shape index (κ3) is 0.853. The minimum absolute atomic E-state index is 0.0170. The van der Waals surface area contributed by atoms with E-state index in [1.165, 1.54) is 7.05 Å². The third-order valence-corrected chi connectivity index (χ3v) is 1.41. The fraction of sp³-hybridized carbons (Fsp3) is 0.500.